The number of phenolic OH excluding ortho intramolecular Hbond substituents is 1. The number of halogens is 2. The van der Waals surface area contributed by atoms with Gasteiger partial charge in [-0.25, -0.2) is 0 Å². The largest absolute Gasteiger partial charge is 0.507 e. The summed E-state index contributed by atoms with van der Waals surface area (Å²) in [5, 5.41) is 10.3. The van der Waals surface area contributed by atoms with Crippen molar-refractivity contribution in [3.63, 3.8) is 0 Å². The molecule has 1 aromatic rings. The maximum atomic E-state index is 10.3. The molecule has 0 amide bonds. The number of hydrogen-bond donors (Lipinski definition) is 1. The number of ether oxygens (including phenoxy) is 1. The zero-order valence-corrected chi connectivity index (χ0v) is 14.9. The topological polar surface area (TPSA) is 29.5 Å². The van der Waals surface area contributed by atoms with E-state index in [0.717, 1.165) is 20.3 Å². The Labute approximate surface area is 132 Å². The first-order valence-electron chi connectivity index (χ1n) is 6.33. The number of hydrogen-bond acceptors (Lipinski definition) is 2. The summed E-state index contributed by atoms with van der Waals surface area (Å²) in [5.74, 6) is 1.72. The molecule has 19 heavy (non-hydrogen) atoms. The fourth-order valence-corrected chi connectivity index (χ4v) is 2.08. The highest BCUT2D eigenvalue weighted by Gasteiger charge is 2.15. The summed E-state index contributed by atoms with van der Waals surface area (Å²) in [7, 11) is 0. The van der Waals surface area contributed by atoms with Crippen LogP contribution in [0.3, 0.4) is 0 Å². The summed E-state index contributed by atoms with van der Waals surface area (Å²) < 4.78 is 6.57. The summed E-state index contributed by atoms with van der Waals surface area (Å²) in [4.78, 5) is 0. The van der Waals surface area contributed by atoms with Crippen LogP contribution >= 0.6 is 31.9 Å². The van der Waals surface area contributed by atoms with E-state index in [1.54, 1.807) is 0 Å². The lowest BCUT2D eigenvalue weighted by Gasteiger charge is -2.17. The molecule has 4 heteroatoms. The molecule has 0 aliphatic rings. The van der Waals surface area contributed by atoms with Gasteiger partial charge in [-0.2, -0.15) is 0 Å². The molecule has 0 heterocycles. The normalized spacial score (nSPS) is 10.9. The van der Waals surface area contributed by atoms with Gasteiger partial charge in [-0.15, -0.1) is 0 Å². The predicted molar refractivity (Wildman–Crippen MR) is 87.7 cm³/mol. The molecule has 0 spiro atoms. The fourth-order valence-electron chi connectivity index (χ4n) is 1.82. The molecule has 2 nitrogen and oxygen atoms in total. The van der Waals surface area contributed by atoms with Crippen LogP contribution in [0.25, 0.3) is 0 Å². The van der Waals surface area contributed by atoms with Gasteiger partial charge in [0.1, 0.15) is 18.1 Å². The van der Waals surface area contributed by atoms with Crippen molar-refractivity contribution in [2.45, 2.75) is 39.5 Å². The molecule has 106 valence electrons. The van der Waals surface area contributed by atoms with Crippen LogP contribution < -0.4 is 4.74 Å². The average molecular weight is 392 g/mol. The van der Waals surface area contributed by atoms with Crippen molar-refractivity contribution in [2.24, 2.45) is 0 Å². The lowest BCUT2D eigenvalue weighted by atomic mass is 9.93. The third kappa shape index (κ3) is 4.84. The molecule has 1 N–H and O–H groups in total. The second-order valence-electron chi connectivity index (χ2n) is 5.06. The Morgan fingerprint density at radius 2 is 1.63 bits per heavy atom. The van der Waals surface area contributed by atoms with Crippen molar-refractivity contribution in [2.75, 3.05) is 6.61 Å². The van der Waals surface area contributed by atoms with Crippen molar-refractivity contribution >= 4 is 31.9 Å². The van der Waals surface area contributed by atoms with Gasteiger partial charge < -0.3 is 9.84 Å². The summed E-state index contributed by atoms with van der Waals surface area (Å²) in [6.45, 7) is 8.75. The van der Waals surface area contributed by atoms with Gasteiger partial charge in [0.2, 0.25) is 0 Å². The molecule has 0 atom stereocenters. The van der Waals surface area contributed by atoms with Crippen molar-refractivity contribution in [1.29, 1.82) is 0 Å². The molecule has 0 bridgehead atoms. The van der Waals surface area contributed by atoms with Gasteiger partial charge in [0.25, 0.3) is 0 Å². The van der Waals surface area contributed by atoms with Crippen LogP contribution in [0, 0.1) is 0 Å². The van der Waals surface area contributed by atoms with Crippen molar-refractivity contribution < 1.29 is 9.84 Å². The molecule has 0 saturated heterocycles. The van der Waals surface area contributed by atoms with Crippen molar-refractivity contribution in [3.8, 4) is 11.5 Å². The monoisotopic (exact) mass is 390 g/mol. The Balaban J connectivity index is 3.08. The quantitative estimate of drug-likeness (QED) is 0.702. The van der Waals surface area contributed by atoms with E-state index in [0.29, 0.717) is 12.4 Å². The second-order valence-corrected chi connectivity index (χ2v) is 7.84. The molecule has 0 aliphatic carbocycles. The molecule has 0 aliphatic heterocycles. The summed E-state index contributed by atoms with van der Waals surface area (Å²) in [6, 6.07) is 3.84. The third-order valence-corrected chi connectivity index (χ3v) is 3.52. The van der Waals surface area contributed by atoms with Crippen LogP contribution in [-0.2, 0) is 0 Å². The van der Waals surface area contributed by atoms with Gasteiger partial charge in [0.15, 0.2) is 0 Å². The van der Waals surface area contributed by atoms with Gasteiger partial charge >= 0.3 is 0 Å². The highest BCUT2D eigenvalue weighted by Crippen LogP contribution is 2.37. The molecule has 0 radical (unpaired) electrons. The average Bonchev–Trinajstić information content (AvgIpc) is 2.29. The van der Waals surface area contributed by atoms with Gasteiger partial charge in [-0.3, -0.25) is 0 Å². The number of benzene rings is 1. The van der Waals surface area contributed by atoms with E-state index in [2.05, 4.69) is 59.6 Å². The van der Waals surface area contributed by atoms with Crippen LogP contribution in [-0.4, -0.2) is 11.7 Å². The van der Waals surface area contributed by atoms with Gasteiger partial charge in [0.05, 0.1) is 3.39 Å². The smallest absolute Gasteiger partial charge is 0.122 e. The van der Waals surface area contributed by atoms with E-state index in [9.17, 15) is 5.11 Å². The maximum Gasteiger partial charge on any atom is 0.122 e. The van der Waals surface area contributed by atoms with Crippen LogP contribution in [0.4, 0.5) is 0 Å². The van der Waals surface area contributed by atoms with Crippen molar-refractivity contribution in [3.05, 3.63) is 32.7 Å². The molecule has 0 saturated carbocycles. The Bertz CT molecular complexity index is 432. The van der Waals surface area contributed by atoms with Crippen molar-refractivity contribution in [1.82, 2.24) is 0 Å². The first-order chi connectivity index (χ1) is 8.82. The van der Waals surface area contributed by atoms with Gasteiger partial charge in [0, 0.05) is 11.1 Å². The highest BCUT2D eigenvalue weighted by molar-refractivity contribution is 9.28. The van der Waals surface area contributed by atoms with E-state index in [1.807, 2.05) is 18.2 Å². The predicted octanol–water partition coefficient (Wildman–Crippen LogP) is 5.65. The molecular weight excluding hydrogens is 372 g/mol. The SMILES string of the molecule is CC(C)c1cc(OCC=C(Br)Br)cc(C(C)C)c1O. The van der Waals surface area contributed by atoms with Crippen LogP contribution in [0.2, 0.25) is 0 Å². The number of rotatable bonds is 5. The maximum absolute atomic E-state index is 10.3. The minimum Gasteiger partial charge on any atom is -0.507 e. The first kappa shape index (κ1) is 16.6. The van der Waals surface area contributed by atoms with Crippen LogP contribution in [0.1, 0.15) is 50.7 Å². The van der Waals surface area contributed by atoms with E-state index in [1.165, 1.54) is 0 Å². The number of phenols is 1. The second kappa shape index (κ2) is 7.34. The molecule has 1 aromatic carbocycles. The zero-order valence-electron chi connectivity index (χ0n) is 11.7. The third-order valence-electron chi connectivity index (χ3n) is 2.87. The Morgan fingerprint density at radius 1 is 1.16 bits per heavy atom. The van der Waals surface area contributed by atoms with Gasteiger partial charge in [-0.1, -0.05) is 27.7 Å². The van der Waals surface area contributed by atoms with Crippen LogP contribution in [0.15, 0.2) is 21.6 Å². The van der Waals surface area contributed by atoms with Crippen LogP contribution in [0.5, 0.6) is 11.5 Å². The summed E-state index contributed by atoms with van der Waals surface area (Å²) in [5.41, 5.74) is 1.87. The molecule has 1 rings (SSSR count). The summed E-state index contributed by atoms with van der Waals surface area (Å²) in [6.07, 6.45) is 1.89. The standard InChI is InChI=1S/C15H20Br2O2/c1-9(2)12-7-11(19-6-5-14(16)17)8-13(10(3)4)15(12)18/h5,7-10,18H,6H2,1-4H3. The number of aromatic hydroxyl groups is 1. The minimum atomic E-state index is 0.263. The molecular formula is C15H20Br2O2. The lowest BCUT2D eigenvalue weighted by Crippen LogP contribution is -2.00. The zero-order chi connectivity index (χ0) is 14.6. The van der Waals surface area contributed by atoms with Gasteiger partial charge in [-0.05, 0) is 61.9 Å². The molecule has 0 fully saturated rings. The fraction of sp³-hybridized carbons (Fsp3) is 0.467. The van der Waals surface area contributed by atoms with E-state index >= 15 is 0 Å². The minimum absolute atomic E-state index is 0.263. The highest BCUT2D eigenvalue weighted by atomic mass is 79.9. The molecule has 0 aromatic heterocycles. The first-order valence-corrected chi connectivity index (χ1v) is 7.92. The van der Waals surface area contributed by atoms with E-state index in [4.69, 9.17) is 4.74 Å². The molecule has 0 unspecified atom stereocenters. The van der Waals surface area contributed by atoms with E-state index < -0.39 is 0 Å². The Kier molecular flexibility index (Phi) is 6.40. The van der Waals surface area contributed by atoms with E-state index in [-0.39, 0.29) is 11.8 Å². The summed E-state index contributed by atoms with van der Waals surface area (Å²) >= 11 is 6.59. The Morgan fingerprint density at radius 3 is 2.00 bits per heavy atom. The Hall–Kier alpha value is -0.480. The lowest BCUT2D eigenvalue weighted by molar-refractivity contribution is 0.359.